The van der Waals surface area contributed by atoms with Gasteiger partial charge in [0, 0.05) is 12.5 Å². The molecule has 0 spiro atoms. The van der Waals surface area contributed by atoms with Gasteiger partial charge < -0.3 is 28.2 Å². The van der Waals surface area contributed by atoms with Gasteiger partial charge in [-0.25, -0.2) is 13.2 Å². The van der Waals surface area contributed by atoms with E-state index in [1.54, 1.807) is 13.8 Å². The minimum Gasteiger partial charge on any atom is -0.748 e. The number of halogens is 3. The summed E-state index contributed by atoms with van der Waals surface area (Å²) in [5, 5.41) is 0. The quantitative estimate of drug-likeness (QED) is 0.265. The molecular weight excluding hydrogens is 461 g/mol. The molecule has 0 saturated carbocycles. The first kappa shape index (κ1) is 26.2. The Morgan fingerprint density at radius 2 is 2.00 bits per heavy atom. The molecule has 1 aromatic rings. The zero-order valence-electron chi connectivity index (χ0n) is 17.4. The van der Waals surface area contributed by atoms with Crippen molar-refractivity contribution in [2.45, 2.75) is 45.4 Å². The largest absolute Gasteiger partial charge is 0.748 e. The van der Waals surface area contributed by atoms with Crippen molar-refractivity contribution in [3.05, 3.63) is 23.8 Å². The van der Waals surface area contributed by atoms with E-state index in [1.165, 1.54) is 0 Å². The molecule has 1 aliphatic rings. The van der Waals surface area contributed by atoms with Crippen molar-refractivity contribution in [3.8, 4) is 11.5 Å². The fraction of sp³-hybridized carbons (Fsp3) is 0.632. The Hall–Kier alpha value is -2.09. The Labute approximate surface area is 183 Å². The summed E-state index contributed by atoms with van der Waals surface area (Å²) in [6, 6.07) is 2.81. The van der Waals surface area contributed by atoms with Crippen molar-refractivity contribution in [1.82, 2.24) is 0 Å². The summed E-state index contributed by atoms with van der Waals surface area (Å²) in [5.74, 6) is -3.42. The van der Waals surface area contributed by atoms with Crippen molar-refractivity contribution < 1.29 is 54.6 Å². The van der Waals surface area contributed by atoms with Crippen LogP contribution in [0.2, 0.25) is 0 Å². The molecule has 1 saturated heterocycles. The number of rotatable bonds is 11. The van der Waals surface area contributed by atoms with Gasteiger partial charge in [-0.05, 0) is 31.0 Å². The molecule has 0 N–H and O–H groups in total. The van der Waals surface area contributed by atoms with E-state index in [-0.39, 0.29) is 24.2 Å². The molecule has 2 atom stereocenters. The van der Waals surface area contributed by atoms with Gasteiger partial charge in [0.2, 0.25) is 6.29 Å². The van der Waals surface area contributed by atoms with Gasteiger partial charge in [0.25, 0.3) is 0 Å². The summed E-state index contributed by atoms with van der Waals surface area (Å²) < 4.78 is 95.6. The molecule has 182 valence electrons. The van der Waals surface area contributed by atoms with Crippen molar-refractivity contribution in [1.29, 1.82) is 0 Å². The number of hydrogen-bond donors (Lipinski definition) is 0. The number of benzene rings is 1. The molecular formula is C19H24F3O9S-. The second kappa shape index (κ2) is 11.2. The Morgan fingerprint density at radius 1 is 1.28 bits per heavy atom. The standard InChI is InChI=1S/C19H25F3O9S/c1-12(2)18(29-11-14-4-3-7-27-14)30-16-10-13(5-6-15(16)31-19(20,21)22)17(23)28-8-9-32(24,25)26/h5-6,10,12,14,18H,3-4,7-9,11H2,1-2H3,(H,24,25,26)/p-1. The predicted octanol–water partition coefficient (Wildman–Crippen LogP) is 2.84. The molecule has 13 heteroatoms. The monoisotopic (exact) mass is 485 g/mol. The Bertz CT molecular complexity index is 865. The average Bonchev–Trinajstić information content (AvgIpc) is 3.17. The van der Waals surface area contributed by atoms with Gasteiger partial charge in [-0.2, -0.15) is 0 Å². The lowest BCUT2D eigenvalue weighted by molar-refractivity contribution is -0.275. The van der Waals surface area contributed by atoms with Gasteiger partial charge in [-0.3, -0.25) is 0 Å². The lowest BCUT2D eigenvalue weighted by Crippen LogP contribution is -2.31. The average molecular weight is 485 g/mol. The number of carbonyl (C=O) groups is 1. The van der Waals surface area contributed by atoms with Crippen LogP contribution >= 0.6 is 0 Å². The van der Waals surface area contributed by atoms with E-state index in [9.17, 15) is 30.9 Å². The van der Waals surface area contributed by atoms with Gasteiger partial charge in [0.15, 0.2) is 11.5 Å². The molecule has 0 bridgehead atoms. The number of ether oxygens (including phenoxy) is 5. The van der Waals surface area contributed by atoms with Crippen molar-refractivity contribution in [2.24, 2.45) is 5.92 Å². The zero-order chi connectivity index (χ0) is 23.9. The van der Waals surface area contributed by atoms with Gasteiger partial charge in [-0.1, -0.05) is 13.8 Å². The molecule has 2 unspecified atom stereocenters. The van der Waals surface area contributed by atoms with Crippen LogP contribution in [0.4, 0.5) is 13.2 Å². The highest BCUT2D eigenvalue weighted by Gasteiger charge is 2.33. The number of hydrogen-bond acceptors (Lipinski definition) is 9. The summed E-state index contributed by atoms with van der Waals surface area (Å²) in [7, 11) is -4.60. The topological polar surface area (TPSA) is 120 Å². The first-order valence-corrected chi connectivity index (χ1v) is 11.3. The maximum absolute atomic E-state index is 12.8. The van der Waals surface area contributed by atoms with Crippen LogP contribution in [0.15, 0.2) is 18.2 Å². The van der Waals surface area contributed by atoms with E-state index in [0.717, 1.165) is 31.0 Å². The molecule has 0 aliphatic carbocycles. The molecule has 1 aliphatic heterocycles. The smallest absolute Gasteiger partial charge is 0.573 e. The minimum atomic E-state index is -5.02. The normalized spacial score (nSPS) is 17.9. The van der Waals surface area contributed by atoms with Crippen LogP contribution in [-0.4, -0.2) is 63.3 Å². The predicted molar refractivity (Wildman–Crippen MR) is 102 cm³/mol. The number of esters is 1. The van der Waals surface area contributed by atoms with E-state index in [1.807, 2.05) is 0 Å². The molecule has 2 rings (SSSR count). The Kier molecular flexibility index (Phi) is 9.13. The lowest BCUT2D eigenvalue weighted by Gasteiger charge is -2.25. The second-order valence-electron chi connectivity index (χ2n) is 7.31. The molecule has 1 fully saturated rings. The number of alkyl halides is 3. The molecule has 1 aromatic carbocycles. The highest BCUT2D eigenvalue weighted by molar-refractivity contribution is 7.85. The lowest BCUT2D eigenvalue weighted by atomic mass is 10.2. The molecule has 32 heavy (non-hydrogen) atoms. The summed E-state index contributed by atoms with van der Waals surface area (Å²) in [4.78, 5) is 12.1. The van der Waals surface area contributed by atoms with Crippen LogP contribution in [0, 0.1) is 5.92 Å². The molecule has 0 amide bonds. The van der Waals surface area contributed by atoms with Crippen LogP contribution in [0.5, 0.6) is 11.5 Å². The van der Waals surface area contributed by atoms with Crippen molar-refractivity contribution >= 4 is 16.1 Å². The van der Waals surface area contributed by atoms with Gasteiger partial charge >= 0.3 is 12.3 Å². The first-order chi connectivity index (χ1) is 14.8. The van der Waals surface area contributed by atoms with Crippen molar-refractivity contribution in [2.75, 3.05) is 25.6 Å². The van der Waals surface area contributed by atoms with E-state index < -0.39 is 52.6 Å². The van der Waals surface area contributed by atoms with E-state index in [0.29, 0.717) is 6.61 Å². The highest BCUT2D eigenvalue weighted by atomic mass is 32.2. The fourth-order valence-corrected chi connectivity index (χ4v) is 3.01. The van der Waals surface area contributed by atoms with E-state index >= 15 is 0 Å². The Morgan fingerprint density at radius 3 is 2.56 bits per heavy atom. The summed E-state index contributed by atoms with van der Waals surface area (Å²) in [6.07, 6.45) is -4.49. The third kappa shape index (κ3) is 9.18. The van der Waals surface area contributed by atoms with Crippen LogP contribution in [0.25, 0.3) is 0 Å². The van der Waals surface area contributed by atoms with Crippen LogP contribution in [-0.2, 0) is 24.3 Å². The number of carbonyl (C=O) groups excluding carboxylic acids is 1. The minimum absolute atomic E-state index is 0.149. The van der Waals surface area contributed by atoms with Gasteiger partial charge in [0.1, 0.15) is 6.61 Å². The van der Waals surface area contributed by atoms with Gasteiger partial charge in [0.05, 0.1) is 34.1 Å². The van der Waals surface area contributed by atoms with E-state index in [2.05, 4.69) is 9.47 Å². The molecule has 1 heterocycles. The summed E-state index contributed by atoms with van der Waals surface area (Å²) >= 11 is 0. The summed E-state index contributed by atoms with van der Waals surface area (Å²) in [5.41, 5.74) is -0.237. The zero-order valence-corrected chi connectivity index (χ0v) is 18.2. The van der Waals surface area contributed by atoms with Crippen LogP contribution in [0.1, 0.15) is 37.0 Å². The maximum Gasteiger partial charge on any atom is 0.573 e. The van der Waals surface area contributed by atoms with Crippen molar-refractivity contribution in [3.63, 3.8) is 0 Å². The maximum atomic E-state index is 12.8. The Balaban J connectivity index is 2.18. The molecule has 0 aromatic heterocycles. The highest BCUT2D eigenvalue weighted by Crippen LogP contribution is 2.35. The fourth-order valence-electron chi connectivity index (χ4n) is 2.72. The van der Waals surface area contributed by atoms with Gasteiger partial charge in [-0.15, -0.1) is 13.2 Å². The first-order valence-electron chi connectivity index (χ1n) is 9.74. The summed E-state index contributed by atoms with van der Waals surface area (Å²) in [6.45, 7) is 3.52. The van der Waals surface area contributed by atoms with E-state index in [4.69, 9.17) is 14.2 Å². The molecule has 0 radical (unpaired) electrons. The third-order valence-corrected chi connectivity index (χ3v) is 4.90. The van der Waals surface area contributed by atoms with Crippen LogP contribution < -0.4 is 9.47 Å². The van der Waals surface area contributed by atoms with Crippen LogP contribution in [0.3, 0.4) is 0 Å². The molecule has 9 nitrogen and oxygen atoms in total. The SMILES string of the molecule is CC(C)C(OCC1CCCO1)Oc1cc(C(=O)OCCS(=O)(=O)[O-])ccc1OC(F)(F)F. The third-order valence-electron chi connectivity index (χ3n) is 4.23. The second-order valence-corrected chi connectivity index (χ2v) is 8.83.